The van der Waals surface area contributed by atoms with Crippen molar-refractivity contribution in [1.82, 2.24) is 4.90 Å². The number of hydrogen-bond donors (Lipinski definition) is 2. The monoisotopic (exact) mass is 267 g/mol. The lowest BCUT2D eigenvalue weighted by Crippen LogP contribution is -2.42. The van der Waals surface area contributed by atoms with Crippen LogP contribution in [-0.2, 0) is 0 Å². The molecule has 0 aliphatic heterocycles. The molecule has 19 heavy (non-hydrogen) atoms. The van der Waals surface area contributed by atoms with Crippen LogP contribution in [0.5, 0.6) is 5.75 Å². The second-order valence-corrected chi connectivity index (χ2v) is 5.74. The van der Waals surface area contributed by atoms with Gasteiger partial charge in [-0.15, -0.1) is 0 Å². The summed E-state index contributed by atoms with van der Waals surface area (Å²) in [4.78, 5) is 1.89. The first-order chi connectivity index (χ1) is 10.7. The van der Waals surface area contributed by atoms with Gasteiger partial charge in [-0.05, 0) is 44.6 Å². The Morgan fingerprint density at radius 3 is 2.32 bits per heavy atom. The van der Waals surface area contributed by atoms with Crippen molar-refractivity contribution in [2.24, 2.45) is 0 Å². The number of phenols is 1. The predicted octanol–water partition coefficient (Wildman–Crippen LogP) is 2.73. The van der Waals surface area contributed by atoms with E-state index in [1.807, 2.05) is 19.0 Å². The summed E-state index contributed by atoms with van der Waals surface area (Å²) >= 11 is 0. The van der Waals surface area contributed by atoms with Crippen LogP contribution >= 0.6 is 0 Å². The zero-order chi connectivity index (χ0) is 17.4. The van der Waals surface area contributed by atoms with Gasteiger partial charge in [0.05, 0.1) is 11.1 Å². The van der Waals surface area contributed by atoms with Crippen LogP contribution in [0.2, 0.25) is 0 Å². The van der Waals surface area contributed by atoms with E-state index >= 15 is 0 Å². The van der Waals surface area contributed by atoms with Gasteiger partial charge in [0.2, 0.25) is 0 Å². The highest BCUT2D eigenvalue weighted by Gasteiger charge is 2.38. The Kier molecular flexibility index (Phi) is 3.05. The molecule has 106 valence electrons. The van der Waals surface area contributed by atoms with Gasteiger partial charge in [-0.2, -0.15) is 0 Å². The molecule has 0 amide bonds. The number of phenolic OH excluding ortho intramolecular Hbond substituents is 1. The van der Waals surface area contributed by atoms with E-state index in [-0.39, 0.29) is 17.6 Å². The number of aromatic hydroxyl groups is 1. The molecule has 2 rings (SSSR count). The number of aliphatic hydroxyl groups is 1. The third-order valence-corrected chi connectivity index (χ3v) is 3.90. The van der Waals surface area contributed by atoms with Gasteiger partial charge >= 0.3 is 0 Å². The fraction of sp³-hybridized carbons (Fsp3) is 0.625. The highest BCUT2D eigenvalue weighted by atomic mass is 16.3. The minimum absolute atomic E-state index is 0.205. The normalized spacial score (nSPS) is 23.4. The van der Waals surface area contributed by atoms with Gasteiger partial charge in [-0.3, -0.25) is 0 Å². The zero-order valence-corrected chi connectivity index (χ0v) is 11.7. The lowest BCUT2D eigenvalue weighted by Gasteiger charge is -2.40. The van der Waals surface area contributed by atoms with Crippen LogP contribution in [0, 0.1) is 0 Å². The first-order valence-electron chi connectivity index (χ1n) is 8.85. The molecule has 1 aliphatic rings. The third kappa shape index (κ3) is 3.48. The quantitative estimate of drug-likeness (QED) is 0.881. The number of rotatable bonds is 4. The van der Waals surface area contributed by atoms with E-state index in [1.165, 1.54) is 0 Å². The van der Waals surface area contributed by atoms with Crippen molar-refractivity contribution in [3.05, 3.63) is 29.7 Å². The number of likely N-dealkylation sites (N-methyl/N-ethyl adjacent to an activating group) is 1. The molecule has 0 heterocycles. The van der Waals surface area contributed by atoms with Crippen molar-refractivity contribution >= 4 is 0 Å². The van der Waals surface area contributed by atoms with E-state index in [1.54, 1.807) is 0 Å². The molecule has 0 saturated heterocycles. The minimum atomic E-state index is -1.04. The maximum atomic E-state index is 11.2. The first-order valence-corrected chi connectivity index (χ1v) is 6.85. The van der Waals surface area contributed by atoms with E-state index in [0.717, 1.165) is 19.3 Å². The summed E-state index contributed by atoms with van der Waals surface area (Å²) in [5.41, 5.74) is -0.833. The molecular formula is C16H25NO2. The Balaban J connectivity index is 2.60. The zero-order valence-electron chi connectivity index (χ0n) is 15.7. The molecule has 1 aromatic rings. The van der Waals surface area contributed by atoms with Crippen LogP contribution in [0.1, 0.15) is 49.1 Å². The molecule has 3 heteroatoms. The van der Waals surface area contributed by atoms with Gasteiger partial charge in [-0.1, -0.05) is 31.3 Å². The number of benzene rings is 1. The van der Waals surface area contributed by atoms with Crippen LogP contribution in [0.3, 0.4) is 0 Å². The highest BCUT2D eigenvalue weighted by Crippen LogP contribution is 2.40. The van der Waals surface area contributed by atoms with Crippen LogP contribution in [0.25, 0.3) is 0 Å². The van der Waals surface area contributed by atoms with Crippen LogP contribution in [0.4, 0.5) is 0 Å². The Labute approximate surface area is 121 Å². The lowest BCUT2D eigenvalue weighted by molar-refractivity contribution is -0.0277. The summed E-state index contributed by atoms with van der Waals surface area (Å²) < 4.78 is 32.0. The van der Waals surface area contributed by atoms with E-state index in [9.17, 15) is 10.2 Å². The molecule has 1 fully saturated rings. The predicted molar refractivity (Wildman–Crippen MR) is 77.4 cm³/mol. The average Bonchev–Trinajstić information content (AvgIpc) is 2.50. The molecule has 0 radical (unpaired) electrons. The van der Waals surface area contributed by atoms with Gasteiger partial charge in [0.15, 0.2) is 0 Å². The summed E-state index contributed by atoms with van der Waals surface area (Å²) in [6.45, 7) is 0.428. The molecular weight excluding hydrogens is 238 g/mol. The topological polar surface area (TPSA) is 43.7 Å². The molecule has 0 aromatic heterocycles. The van der Waals surface area contributed by atoms with Crippen molar-refractivity contribution in [2.45, 2.75) is 43.6 Å². The van der Waals surface area contributed by atoms with Crippen LogP contribution < -0.4 is 0 Å². The van der Waals surface area contributed by atoms with E-state index in [4.69, 9.17) is 5.48 Å². The summed E-state index contributed by atoms with van der Waals surface area (Å²) in [6, 6.07) is -1.39. The van der Waals surface area contributed by atoms with Gasteiger partial charge in [-0.25, -0.2) is 0 Å². The largest absolute Gasteiger partial charge is 0.508 e. The second-order valence-electron chi connectivity index (χ2n) is 5.74. The molecule has 3 nitrogen and oxygen atoms in total. The van der Waals surface area contributed by atoms with Gasteiger partial charge in [0, 0.05) is 12.5 Å². The summed E-state index contributed by atoms with van der Waals surface area (Å²) in [5.74, 6) is -1.16. The Morgan fingerprint density at radius 1 is 1.21 bits per heavy atom. The van der Waals surface area contributed by atoms with Gasteiger partial charge in [0.1, 0.15) is 5.75 Å². The number of hydrogen-bond acceptors (Lipinski definition) is 3. The third-order valence-electron chi connectivity index (χ3n) is 3.90. The van der Waals surface area contributed by atoms with E-state index in [0.29, 0.717) is 19.4 Å². The molecule has 1 aliphatic carbocycles. The molecule has 2 N–H and O–H groups in total. The van der Waals surface area contributed by atoms with E-state index in [2.05, 4.69) is 0 Å². The lowest BCUT2D eigenvalue weighted by atomic mass is 9.72. The first kappa shape index (κ1) is 9.78. The Hall–Kier alpha value is -1.06. The SMILES string of the molecule is [2H]c1c([2H])c(C(CN(C)C)C2(O)CCCCC2)c([2H])c([2H])c1O. The maximum Gasteiger partial charge on any atom is 0.115 e. The summed E-state index contributed by atoms with van der Waals surface area (Å²) in [7, 11) is 3.71. The molecule has 1 atom stereocenters. The molecule has 1 saturated carbocycles. The Bertz CT molecular complexity index is 557. The smallest absolute Gasteiger partial charge is 0.115 e. The van der Waals surface area contributed by atoms with E-state index < -0.39 is 29.4 Å². The van der Waals surface area contributed by atoms with Crippen molar-refractivity contribution in [3.63, 3.8) is 0 Å². The van der Waals surface area contributed by atoms with Crippen molar-refractivity contribution in [2.75, 3.05) is 20.6 Å². The fourth-order valence-corrected chi connectivity index (χ4v) is 2.90. The van der Waals surface area contributed by atoms with Gasteiger partial charge < -0.3 is 15.1 Å². The average molecular weight is 267 g/mol. The molecule has 0 bridgehead atoms. The fourth-order valence-electron chi connectivity index (χ4n) is 2.90. The standard InChI is InChI=1S/C16H25NO2/c1-17(2)12-15(13-6-8-14(18)9-7-13)16(19)10-4-3-5-11-16/h6-9,15,18-19H,3-5,10-12H2,1-2H3/i6D,7D,8D,9D. The molecule has 1 aromatic carbocycles. The second kappa shape index (κ2) is 5.93. The highest BCUT2D eigenvalue weighted by molar-refractivity contribution is 5.30. The molecule has 1 unspecified atom stereocenters. The maximum absolute atomic E-state index is 11.2. The van der Waals surface area contributed by atoms with Crippen LogP contribution in [0.15, 0.2) is 24.2 Å². The summed E-state index contributed by atoms with van der Waals surface area (Å²) in [5, 5.41) is 20.9. The van der Waals surface area contributed by atoms with Crippen LogP contribution in [-0.4, -0.2) is 41.4 Å². The minimum Gasteiger partial charge on any atom is -0.508 e. The summed E-state index contributed by atoms with van der Waals surface area (Å²) in [6.07, 6.45) is 4.01. The van der Waals surface area contributed by atoms with Crippen molar-refractivity contribution < 1.29 is 15.7 Å². The number of nitrogens with zero attached hydrogens (tertiary/aromatic N) is 1. The van der Waals surface area contributed by atoms with Gasteiger partial charge in [0.25, 0.3) is 0 Å². The molecule has 0 spiro atoms. The van der Waals surface area contributed by atoms with Crippen molar-refractivity contribution in [1.29, 1.82) is 0 Å². The van der Waals surface area contributed by atoms with Crippen molar-refractivity contribution in [3.8, 4) is 5.75 Å². The Morgan fingerprint density at radius 2 is 1.79 bits per heavy atom.